The van der Waals surface area contributed by atoms with Crippen LogP contribution in [0.25, 0.3) is 0 Å². The number of carbonyl (C=O) groups is 1. The molecule has 0 unspecified atom stereocenters. The maximum Gasteiger partial charge on any atom is 0.263 e. The highest BCUT2D eigenvalue weighted by Gasteiger charge is 2.30. The standard InChI is InChI=1S/C14H8F5N3OS/c1-5-3-2-4-6(20-5)21-14(24)22-13(23)7-8(15)10(17)12(19)11(18)9(7)16/h2-4H,1H3,(H2,20,21,22,23,24). The molecule has 2 N–H and O–H groups in total. The molecule has 0 fully saturated rings. The minimum Gasteiger partial charge on any atom is -0.317 e. The van der Waals surface area contributed by atoms with Crippen molar-refractivity contribution in [1.29, 1.82) is 0 Å². The Morgan fingerprint density at radius 1 is 1.00 bits per heavy atom. The number of carbonyl (C=O) groups excluding carboxylic acids is 1. The van der Waals surface area contributed by atoms with Gasteiger partial charge >= 0.3 is 0 Å². The number of hydrogen-bond donors (Lipinski definition) is 2. The second-order valence-electron chi connectivity index (χ2n) is 4.52. The highest BCUT2D eigenvalue weighted by atomic mass is 32.1. The van der Waals surface area contributed by atoms with E-state index >= 15 is 0 Å². The lowest BCUT2D eigenvalue weighted by Gasteiger charge is -2.11. The van der Waals surface area contributed by atoms with Gasteiger partial charge < -0.3 is 5.32 Å². The van der Waals surface area contributed by atoms with Crippen molar-refractivity contribution in [2.75, 3.05) is 5.32 Å². The third kappa shape index (κ3) is 3.48. The molecule has 1 heterocycles. The van der Waals surface area contributed by atoms with Crippen LogP contribution in [0.2, 0.25) is 0 Å². The van der Waals surface area contributed by atoms with Gasteiger partial charge in [-0.2, -0.15) is 0 Å². The van der Waals surface area contributed by atoms with Crippen molar-refractivity contribution >= 4 is 29.1 Å². The summed E-state index contributed by atoms with van der Waals surface area (Å²) >= 11 is 4.74. The van der Waals surface area contributed by atoms with Gasteiger partial charge in [-0.15, -0.1) is 0 Å². The summed E-state index contributed by atoms with van der Waals surface area (Å²) in [5, 5.41) is 3.84. The topological polar surface area (TPSA) is 54.0 Å². The molecule has 1 amide bonds. The molecule has 0 atom stereocenters. The van der Waals surface area contributed by atoms with Gasteiger partial charge in [-0.25, -0.2) is 26.9 Å². The van der Waals surface area contributed by atoms with Crippen LogP contribution in [-0.4, -0.2) is 16.0 Å². The van der Waals surface area contributed by atoms with Gasteiger partial charge in [0.25, 0.3) is 5.91 Å². The first-order valence-electron chi connectivity index (χ1n) is 6.29. The quantitative estimate of drug-likeness (QED) is 0.373. The maximum absolute atomic E-state index is 13.5. The molecule has 4 nitrogen and oxygen atoms in total. The molecular formula is C14H8F5N3OS. The molecule has 0 saturated carbocycles. The Balaban J connectivity index is 2.23. The predicted molar refractivity (Wildman–Crippen MR) is 78.9 cm³/mol. The van der Waals surface area contributed by atoms with Crippen molar-refractivity contribution in [3.63, 3.8) is 0 Å². The summed E-state index contributed by atoms with van der Waals surface area (Å²) in [4.78, 5) is 15.8. The van der Waals surface area contributed by atoms with Crippen LogP contribution in [0.4, 0.5) is 27.8 Å². The summed E-state index contributed by atoms with van der Waals surface area (Å²) in [6, 6.07) is 4.80. The normalized spacial score (nSPS) is 10.4. The number of benzene rings is 1. The van der Waals surface area contributed by atoms with Gasteiger partial charge in [0.05, 0.1) is 0 Å². The Morgan fingerprint density at radius 2 is 1.54 bits per heavy atom. The molecule has 1 aromatic carbocycles. The first kappa shape index (κ1) is 17.7. The van der Waals surface area contributed by atoms with E-state index in [9.17, 15) is 26.7 Å². The van der Waals surface area contributed by atoms with Crippen molar-refractivity contribution in [2.45, 2.75) is 6.92 Å². The number of rotatable bonds is 2. The lowest BCUT2D eigenvalue weighted by molar-refractivity contribution is 0.0966. The molecule has 2 aromatic rings. The lowest BCUT2D eigenvalue weighted by atomic mass is 10.1. The van der Waals surface area contributed by atoms with E-state index in [2.05, 4.69) is 10.3 Å². The smallest absolute Gasteiger partial charge is 0.263 e. The minimum absolute atomic E-state index is 0.220. The van der Waals surface area contributed by atoms with E-state index in [1.807, 2.05) is 5.32 Å². The molecule has 1 aromatic heterocycles. The van der Waals surface area contributed by atoms with E-state index in [0.29, 0.717) is 5.69 Å². The van der Waals surface area contributed by atoms with Gasteiger partial charge in [0.1, 0.15) is 11.4 Å². The summed E-state index contributed by atoms with van der Waals surface area (Å²) in [6.07, 6.45) is 0. The largest absolute Gasteiger partial charge is 0.317 e. The van der Waals surface area contributed by atoms with Crippen LogP contribution in [0.15, 0.2) is 18.2 Å². The van der Waals surface area contributed by atoms with E-state index in [0.717, 1.165) is 0 Å². The van der Waals surface area contributed by atoms with Crippen molar-refractivity contribution < 1.29 is 26.7 Å². The average Bonchev–Trinajstić information content (AvgIpc) is 2.51. The second-order valence-corrected chi connectivity index (χ2v) is 4.93. The Hall–Kier alpha value is -2.62. The Labute approximate surface area is 137 Å². The maximum atomic E-state index is 13.5. The van der Waals surface area contributed by atoms with Crippen LogP contribution >= 0.6 is 12.2 Å². The fourth-order valence-corrected chi connectivity index (χ4v) is 1.93. The van der Waals surface area contributed by atoms with Crippen LogP contribution in [-0.2, 0) is 0 Å². The van der Waals surface area contributed by atoms with E-state index in [1.54, 1.807) is 19.1 Å². The van der Waals surface area contributed by atoms with Gasteiger partial charge in [-0.1, -0.05) is 6.07 Å². The first-order chi connectivity index (χ1) is 11.2. The van der Waals surface area contributed by atoms with Gasteiger partial charge in [0.15, 0.2) is 28.4 Å². The molecular weight excluding hydrogens is 353 g/mol. The molecule has 0 radical (unpaired) electrons. The average molecular weight is 361 g/mol. The number of pyridine rings is 1. The van der Waals surface area contributed by atoms with E-state index in [4.69, 9.17) is 12.2 Å². The summed E-state index contributed by atoms with van der Waals surface area (Å²) in [5.41, 5.74) is -1.01. The zero-order chi connectivity index (χ0) is 18.0. The third-order valence-electron chi connectivity index (χ3n) is 2.79. The Kier molecular flexibility index (Phi) is 5.07. The number of nitrogens with zero attached hydrogens (tertiary/aromatic N) is 1. The molecule has 0 bridgehead atoms. The lowest BCUT2D eigenvalue weighted by Crippen LogP contribution is -2.36. The highest BCUT2D eigenvalue weighted by Crippen LogP contribution is 2.22. The molecule has 0 spiro atoms. The van der Waals surface area contributed by atoms with Crippen molar-refractivity contribution in [3.8, 4) is 0 Å². The van der Waals surface area contributed by atoms with Crippen LogP contribution in [0.3, 0.4) is 0 Å². The number of hydrogen-bond acceptors (Lipinski definition) is 3. The Morgan fingerprint density at radius 3 is 2.08 bits per heavy atom. The predicted octanol–water partition coefficient (Wildman–Crippen LogP) is 3.21. The number of aromatic nitrogens is 1. The fourth-order valence-electron chi connectivity index (χ4n) is 1.73. The van der Waals surface area contributed by atoms with Gasteiger partial charge in [0.2, 0.25) is 5.82 Å². The SMILES string of the molecule is Cc1cccc(NC(=S)NC(=O)c2c(F)c(F)c(F)c(F)c2F)n1. The van der Waals surface area contributed by atoms with Crippen molar-refractivity contribution in [1.82, 2.24) is 10.3 Å². The monoisotopic (exact) mass is 361 g/mol. The van der Waals surface area contributed by atoms with Crippen LogP contribution in [0.5, 0.6) is 0 Å². The van der Waals surface area contributed by atoms with E-state index in [-0.39, 0.29) is 5.82 Å². The summed E-state index contributed by atoms with van der Waals surface area (Å²) < 4.78 is 66.2. The molecule has 0 saturated heterocycles. The first-order valence-corrected chi connectivity index (χ1v) is 6.70. The molecule has 10 heteroatoms. The summed E-state index contributed by atoms with van der Waals surface area (Å²) in [7, 11) is 0. The van der Waals surface area contributed by atoms with Crippen LogP contribution < -0.4 is 10.6 Å². The molecule has 0 aliphatic carbocycles. The molecule has 2 rings (SSSR count). The molecule has 24 heavy (non-hydrogen) atoms. The third-order valence-corrected chi connectivity index (χ3v) is 3.00. The molecule has 0 aliphatic heterocycles. The number of nitrogens with one attached hydrogen (secondary N) is 2. The van der Waals surface area contributed by atoms with E-state index < -0.39 is 45.7 Å². The fraction of sp³-hybridized carbons (Fsp3) is 0.0714. The number of thiocarbonyl (C=S) groups is 1. The van der Waals surface area contributed by atoms with Gasteiger partial charge in [-0.3, -0.25) is 10.1 Å². The Bertz CT molecular complexity index is 814. The van der Waals surface area contributed by atoms with Crippen LogP contribution in [0, 0.1) is 36.0 Å². The number of aryl methyl sites for hydroxylation is 1. The number of amides is 1. The molecule has 126 valence electrons. The van der Waals surface area contributed by atoms with Gasteiger partial charge in [0, 0.05) is 5.69 Å². The summed E-state index contributed by atoms with van der Waals surface area (Å²) in [5.74, 6) is -12.7. The number of anilines is 1. The van der Waals surface area contributed by atoms with Crippen LogP contribution in [0.1, 0.15) is 16.1 Å². The highest BCUT2D eigenvalue weighted by molar-refractivity contribution is 7.80. The zero-order valence-corrected chi connectivity index (χ0v) is 12.7. The minimum atomic E-state index is -2.36. The van der Waals surface area contributed by atoms with E-state index in [1.165, 1.54) is 6.07 Å². The second kappa shape index (κ2) is 6.87. The summed E-state index contributed by atoms with van der Waals surface area (Å²) in [6.45, 7) is 1.68. The van der Waals surface area contributed by atoms with Crippen molar-refractivity contribution in [3.05, 3.63) is 58.5 Å². The molecule has 0 aliphatic rings. The number of halogens is 5. The van der Waals surface area contributed by atoms with Gasteiger partial charge in [-0.05, 0) is 31.3 Å². The zero-order valence-electron chi connectivity index (χ0n) is 11.9. The van der Waals surface area contributed by atoms with Crippen molar-refractivity contribution in [2.24, 2.45) is 0 Å².